The maximum absolute atomic E-state index is 12.2. The number of amides is 1. The topological polar surface area (TPSA) is 69.8 Å². The fraction of sp³-hybridized carbons (Fsp3) is 0.667. The first-order chi connectivity index (χ1) is 8.52. The van der Waals surface area contributed by atoms with Gasteiger partial charge in [-0.3, -0.25) is 4.79 Å². The number of oxazole rings is 1. The number of aliphatic hydroxyl groups is 1. The quantitative estimate of drug-likeness (QED) is 0.819. The molecule has 100 valence electrons. The Balaban J connectivity index is 2.09. The Morgan fingerprint density at radius 2 is 2.33 bits per heavy atom. The van der Waals surface area contributed by atoms with Gasteiger partial charge in [0.25, 0.3) is 5.91 Å². The molecule has 0 aromatic carbocycles. The molecule has 1 aromatic rings. The van der Waals surface area contributed by atoms with E-state index in [2.05, 4.69) is 4.98 Å². The lowest BCUT2D eigenvalue weighted by molar-refractivity contribution is 0.0773. The molecule has 0 aliphatic carbocycles. The van der Waals surface area contributed by atoms with Crippen molar-refractivity contribution < 1.29 is 14.3 Å². The van der Waals surface area contributed by atoms with Crippen LogP contribution in [0.5, 0.6) is 0 Å². The first kappa shape index (κ1) is 13.0. The van der Waals surface area contributed by atoms with E-state index in [0.717, 1.165) is 0 Å². The van der Waals surface area contributed by atoms with Gasteiger partial charge in [0.1, 0.15) is 6.26 Å². The molecule has 18 heavy (non-hydrogen) atoms. The maximum Gasteiger partial charge on any atom is 0.275 e. The Kier molecular flexibility index (Phi) is 3.68. The molecule has 1 saturated heterocycles. The van der Waals surface area contributed by atoms with E-state index in [1.807, 2.05) is 19.0 Å². The van der Waals surface area contributed by atoms with Crippen LogP contribution in [0.25, 0.3) is 0 Å². The fourth-order valence-electron chi connectivity index (χ4n) is 2.41. The number of rotatable bonds is 3. The number of likely N-dealkylation sites (N-methyl/N-ethyl adjacent to an activating group) is 1. The smallest absolute Gasteiger partial charge is 0.275 e. The summed E-state index contributed by atoms with van der Waals surface area (Å²) in [5.41, 5.74) is 0.337. The van der Waals surface area contributed by atoms with Gasteiger partial charge in [0, 0.05) is 38.6 Å². The van der Waals surface area contributed by atoms with Crippen molar-refractivity contribution in [3.05, 3.63) is 17.8 Å². The summed E-state index contributed by atoms with van der Waals surface area (Å²) in [6, 6.07) is 0.187. The van der Waals surface area contributed by atoms with Crippen LogP contribution >= 0.6 is 0 Å². The van der Waals surface area contributed by atoms with Gasteiger partial charge < -0.3 is 19.3 Å². The highest BCUT2D eigenvalue weighted by Crippen LogP contribution is 2.21. The number of aryl methyl sites for hydroxylation is 1. The maximum atomic E-state index is 12.2. The first-order valence-electron chi connectivity index (χ1n) is 6.01. The molecule has 1 aliphatic heterocycles. The van der Waals surface area contributed by atoms with Gasteiger partial charge >= 0.3 is 0 Å². The van der Waals surface area contributed by atoms with E-state index in [1.165, 1.54) is 6.26 Å². The van der Waals surface area contributed by atoms with Gasteiger partial charge in [0.05, 0.1) is 0 Å². The van der Waals surface area contributed by atoms with Gasteiger partial charge in [0.15, 0.2) is 11.6 Å². The van der Waals surface area contributed by atoms with E-state index < -0.39 is 0 Å². The van der Waals surface area contributed by atoms with E-state index in [9.17, 15) is 9.90 Å². The highest BCUT2D eigenvalue weighted by molar-refractivity contribution is 5.92. The molecule has 6 nitrogen and oxygen atoms in total. The largest absolute Gasteiger partial charge is 0.448 e. The summed E-state index contributed by atoms with van der Waals surface area (Å²) in [4.78, 5) is 20.0. The average molecular weight is 253 g/mol. The van der Waals surface area contributed by atoms with Crippen LogP contribution in [0.1, 0.15) is 16.4 Å². The number of hydrogen-bond acceptors (Lipinski definition) is 5. The van der Waals surface area contributed by atoms with Crippen molar-refractivity contribution in [2.24, 2.45) is 5.92 Å². The average Bonchev–Trinajstić information content (AvgIpc) is 2.93. The van der Waals surface area contributed by atoms with Crippen LogP contribution in [0.15, 0.2) is 10.7 Å². The van der Waals surface area contributed by atoms with Gasteiger partial charge in [-0.2, -0.15) is 0 Å². The minimum Gasteiger partial charge on any atom is -0.448 e. The molecule has 0 unspecified atom stereocenters. The molecule has 0 spiro atoms. The predicted molar refractivity (Wildman–Crippen MR) is 65.2 cm³/mol. The molecule has 1 aliphatic rings. The molecule has 1 aromatic heterocycles. The molecule has 1 N–H and O–H groups in total. The minimum atomic E-state index is -0.130. The Morgan fingerprint density at radius 1 is 1.61 bits per heavy atom. The van der Waals surface area contributed by atoms with Crippen molar-refractivity contribution >= 4 is 5.91 Å². The summed E-state index contributed by atoms with van der Waals surface area (Å²) in [6.07, 6.45) is 1.38. The third-order valence-corrected chi connectivity index (χ3v) is 3.43. The van der Waals surface area contributed by atoms with Gasteiger partial charge in [-0.25, -0.2) is 4.98 Å². The van der Waals surface area contributed by atoms with E-state index in [-0.39, 0.29) is 24.5 Å². The molecule has 6 heteroatoms. The summed E-state index contributed by atoms with van der Waals surface area (Å²) >= 11 is 0. The number of carbonyl (C=O) groups excluding carboxylic acids is 1. The standard InChI is InChI=1S/C12H19N3O3/c1-8-13-10(7-18-8)12(17)15-4-9(6-16)11(5-15)14(2)3/h7,9,11,16H,4-6H2,1-3H3/t9-,11+/m0/s1. The number of aromatic nitrogens is 1. The van der Waals surface area contributed by atoms with Crippen molar-refractivity contribution in [3.8, 4) is 0 Å². The molecular formula is C12H19N3O3. The van der Waals surface area contributed by atoms with Gasteiger partial charge in [-0.15, -0.1) is 0 Å². The normalized spacial score (nSPS) is 23.9. The number of aliphatic hydroxyl groups excluding tert-OH is 1. The predicted octanol–water partition coefficient (Wildman–Crippen LogP) is -0.0225. The zero-order valence-electron chi connectivity index (χ0n) is 11.0. The van der Waals surface area contributed by atoms with Crippen molar-refractivity contribution in [3.63, 3.8) is 0 Å². The first-order valence-corrected chi connectivity index (χ1v) is 6.01. The Labute approximate surface area is 106 Å². The third-order valence-electron chi connectivity index (χ3n) is 3.43. The lowest BCUT2D eigenvalue weighted by Gasteiger charge is -2.23. The highest BCUT2D eigenvalue weighted by Gasteiger charge is 2.36. The zero-order chi connectivity index (χ0) is 13.3. The molecule has 0 saturated carbocycles. The minimum absolute atomic E-state index is 0.0878. The lowest BCUT2D eigenvalue weighted by Crippen LogP contribution is -2.37. The van der Waals surface area contributed by atoms with Crippen molar-refractivity contribution in [2.45, 2.75) is 13.0 Å². The van der Waals surface area contributed by atoms with Crippen LogP contribution in [0, 0.1) is 12.8 Å². The van der Waals surface area contributed by atoms with E-state index >= 15 is 0 Å². The monoisotopic (exact) mass is 253 g/mol. The number of nitrogens with zero attached hydrogens (tertiary/aromatic N) is 3. The molecule has 0 bridgehead atoms. The van der Waals surface area contributed by atoms with Crippen LogP contribution in [-0.2, 0) is 0 Å². The van der Waals surface area contributed by atoms with Crippen LogP contribution in [0.3, 0.4) is 0 Å². The summed E-state index contributed by atoms with van der Waals surface area (Å²) in [5.74, 6) is 0.451. The van der Waals surface area contributed by atoms with Crippen molar-refractivity contribution in [1.29, 1.82) is 0 Å². The molecule has 0 radical (unpaired) electrons. The van der Waals surface area contributed by atoms with Crippen molar-refractivity contribution in [1.82, 2.24) is 14.8 Å². The number of likely N-dealkylation sites (tertiary alicyclic amines) is 1. The second-order valence-electron chi connectivity index (χ2n) is 4.94. The van der Waals surface area contributed by atoms with Crippen LogP contribution in [0.4, 0.5) is 0 Å². The number of hydrogen-bond donors (Lipinski definition) is 1. The fourth-order valence-corrected chi connectivity index (χ4v) is 2.41. The summed E-state index contributed by atoms with van der Waals surface area (Å²) in [7, 11) is 3.92. The molecule has 2 rings (SSSR count). The Bertz CT molecular complexity index is 430. The lowest BCUT2D eigenvalue weighted by atomic mass is 10.0. The Hall–Kier alpha value is -1.40. The van der Waals surface area contributed by atoms with Crippen LogP contribution in [0.2, 0.25) is 0 Å². The van der Waals surface area contributed by atoms with Gasteiger partial charge in [-0.05, 0) is 14.1 Å². The van der Waals surface area contributed by atoms with Crippen molar-refractivity contribution in [2.75, 3.05) is 33.8 Å². The van der Waals surface area contributed by atoms with Crippen LogP contribution < -0.4 is 0 Å². The SMILES string of the molecule is Cc1nc(C(=O)N2C[C@@H](CO)[C@H](N(C)C)C2)co1. The molecule has 2 atom stereocenters. The Morgan fingerprint density at radius 3 is 2.78 bits per heavy atom. The van der Waals surface area contributed by atoms with Gasteiger partial charge in [-0.1, -0.05) is 0 Å². The summed E-state index contributed by atoms with van der Waals surface area (Å²) in [5, 5.41) is 9.36. The molecule has 1 amide bonds. The van der Waals surface area contributed by atoms with E-state index in [0.29, 0.717) is 24.7 Å². The third kappa shape index (κ3) is 2.39. The summed E-state index contributed by atoms with van der Waals surface area (Å²) in [6.45, 7) is 2.97. The second kappa shape index (κ2) is 5.07. The van der Waals surface area contributed by atoms with Gasteiger partial charge in [0.2, 0.25) is 0 Å². The number of carbonyl (C=O) groups is 1. The van der Waals surface area contributed by atoms with Crippen LogP contribution in [-0.4, -0.2) is 65.6 Å². The highest BCUT2D eigenvalue weighted by atomic mass is 16.3. The molecule has 1 fully saturated rings. The van der Waals surface area contributed by atoms with E-state index in [1.54, 1.807) is 11.8 Å². The molecular weight excluding hydrogens is 234 g/mol. The second-order valence-corrected chi connectivity index (χ2v) is 4.94. The van der Waals surface area contributed by atoms with E-state index in [4.69, 9.17) is 4.42 Å². The zero-order valence-corrected chi connectivity index (χ0v) is 11.0. The summed E-state index contributed by atoms with van der Waals surface area (Å²) < 4.78 is 5.05. The molecule has 2 heterocycles.